The summed E-state index contributed by atoms with van der Waals surface area (Å²) in [7, 11) is 1.61. The number of nitrogens with one attached hydrogen (secondary N) is 1. The van der Waals surface area contributed by atoms with E-state index in [1.54, 1.807) is 17.9 Å². The maximum absolute atomic E-state index is 13.1. The Hall–Kier alpha value is -3.15. The van der Waals surface area contributed by atoms with Gasteiger partial charge in [-0.05, 0) is 48.5 Å². The number of benzene rings is 2. The van der Waals surface area contributed by atoms with Crippen molar-refractivity contribution < 1.29 is 13.9 Å². The first-order valence-corrected chi connectivity index (χ1v) is 7.38. The molecule has 0 fully saturated rings. The first-order chi connectivity index (χ1) is 11.7. The summed E-state index contributed by atoms with van der Waals surface area (Å²) in [5, 5.41) is 7.13. The number of amides is 1. The second-order valence-corrected chi connectivity index (χ2v) is 5.14. The highest BCUT2D eigenvalue weighted by atomic mass is 19.1. The summed E-state index contributed by atoms with van der Waals surface area (Å²) in [5.41, 5.74) is 1.87. The second kappa shape index (κ2) is 6.95. The number of carbonyl (C=O) groups is 1. The molecule has 0 bridgehead atoms. The molecule has 0 spiro atoms. The minimum atomic E-state index is -0.438. The molecule has 24 heavy (non-hydrogen) atoms. The number of aromatic nitrogens is 2. The van der Waals surface area contributed by atoms with Crippen LogP contribution < -0.4 is 10.1 Å². The molecule has 0 saturated heterocycles. The molecule has 1 heterocycles. The van der Waals surface area contributed by atoms with Gasteiger partial charge in [-0.15, -0.1) is 0 Å². The van der Waals surface area contributed by atoms with Gasteiger partial charge in [0.15, 0.2) is 0 Å². The Labute approximate surface area is 138 Å². The summed E-state index contributed by atoms with van der Waals surface area (Å²) in [6.45, 7) is 0.262. The Morgan fingerprint density at radius 2 is 2.00 bits per heavy atom. The average molecular weight is 325 g/mol. The van der Waals surface area contributed by atoms with Gasteiger partial charge in [-0.2, -0.15) is 5.10 Å². The average Bonchev–Trinajstić information content (AvgIpc) is 3.09. The van der Waals surface area contributed by atoms with Crippen molar-refractivity contribution in [3.63, 3.8) is 0 Å². The maximum atomic E-state index is 13.1. The molecule has 0 radical (unpaired) electrons. The number of hydrogen-bond donors (Lipinski definition) is 1. The minimum Gasteiger partial charge on any atom is -0.497 e. The molecule has 0 aliphatic carbocycles. The molecule has 0 aliphatic heterocycles. The van der Waals surface area contributed by atoms with Crippen molar-refractivity contribution in [2.24, 2.45) is 0 Å². The molecule has 2 aromatic carbocycles. The fourth-order valence-electron chi connectivity index (χ4n) is 2.24. The fourth-order valence-corrected chi connectivity index (χ4v) is 2.24. The van der Waals surface area contributed by atoms with E-state index in [2.05, 4.69) is 10.4 Å². The summed E-state index contributed by atoms with van der Waals surface area (Å²) >= 11 is 0. The molecule has 1 amide bonds. The number of ether oxygens (including phenoxy) is 1. The van der Waals surface area contributed by atoms with Gasteiger partial charge in [0, 0.05) is 11.8 Å². The predicted molar refractivity (Wildman–Crippen MR) is 87.7 cm³/mol. The number of methoxy groups -OCH3 is 1. The van der Waals surface area contributed by atoms with Crippen LogP contribution in [-0.2, 0) is 6.54 Å². The Balaban J connectivity index is 1.64. The van der Waals surface area contributed by atoms with Crippen molar-refractivity contribution in [3.05, 3.63) is 77.9 Å². The van der Waals surface area contributed by atoms with Crippen molar-refractivity contribution in [2.75, 3.05) is 7.11 Å². The lowest BCUT2D eigenvalue weighted by atomic mass is 10.2. The fraction of sp³-hybridized carbons (Fsp3) is 0.111. The molecule has 0 saturated carbocycles. The van der Waals surface area contributed by atoms with Gasteiger partial charge in [-0.1, -0.05) is 6.07 Å². The van der Waals surface area contributed by atoms with Gasteiger partial charge in [0.05, 0.1) is 25.0 Å². The van der Waals surface area contributed by atoms with Crippen molar-refractivity contribution in [3.8, 4) is 11.4 Å². The predicted octanol–water partition coefficient (Wildman–Crippen LogP) is 2.95. The van der Waals surface area contributed by atoms with E-state index >= 15 is 0 Å². The van der Waals surface area contributed by atoms with E-state index in [-0.39, 0.29) is 18.0 Å². The number of hydrogen-bond acceptors (Lipinski definition) is 3. The molecule has 1 aromatic heterocycles. The number of carbonyl (C=O) groups excluding carboxylic acids is 1. The summed E-state index contributed by atoms with van der Waals surface area (Å²) in [5.74, 6) is -0.00609. The molecular formula is C18H16FN3O2. The van der Waals surface area contributed by atoms with Gasteiger partial charge in [-0.3, -0.25) is 4.79 Å². The zero-order valence-electron chi connectivity index (χ0n) is 13.1. The molecule has 0 aliphatic rings. The van der Waals surface area contributed by atoms with Crippen molar-refractivity contribution in [1.29, 1.82) is 0 Å². The van der Waals surface area contributed by atoms with Crippen molar-refractivity contribution >= 4 is 5.91 Å². The van der Waals surface area contributed by atoms with E-state index in [1.807, 2.05) is 36.5 Å². The van der Waals surface area contributed by atoms with E-state index < -0.39 is 5.82 Å². The van der Waals surface area contributed by atoms with Crippen LogP contribution in [0.15, 0.2) is 60.8 Å². The SMILES string of the molecule is COc1ccc(-n2ccc(CNC(=O)c3cccc(F)c3)n2)cc1. The molecule has 122 valence electrons. The summed E-state index contributed by atoms with van der Waals surface area (Å²) < 4.78 is 20.0. The van der Waals surface area contributed by atoms with Crippen LogP contribution >= 0.6 is 0 Å². The Morgan fingerprint density at radius 1 is 1.21 bits per heavy atom. The van der Waals surface area contributed by atoms with Crippen molar-refractivity contribution in [1.82, 2.24) is 15.1 Å². The minimum absolute atomic E-state index is 0.262. The van der Waals surface area contributed by atoms with Crippen LogP contribution in [0.25, 0.3) is 5.69 Å². The van der Waals surface area contributed by atoms with Crippen LogP contribution in [0.2, 0.25) is 0 Å². The standard InChI is InChI=1S/C18H16FN3O2/c1-24-17-7-5-16(6-8-17)22-10-9-15(21-22)12-20-18(23)13-3-2-4-14(19)11-13/h2-11H,12H2,1H3,(H,20,23). The van der Waals surface area contributed by atoms with Gasteiger partial charge < -0.3 is 10.1 Å². The monoisotopic (exact) mass is 325 g/mol. The van der Waals surface area contributed by atoms with Crippen LogP contribution in [0.1, 0.15) is 16.1 Å². The normalized spacial score (nSPS) is 10.4. The number of rotatable bonds is 5. The lowest BCUT2D eigenvalue weighted by Crippen LogP contribution is -2.23. The van der Waals surface area contributed by atoms with Gasteiger partial charge in [0.25, 0.3) is 5.91 Å². The van der Waals surface area contributed by atoms with Gasteiger partial charge in [0.2, 0.25) is 0 Å². The maximum Gasteiger partial charge on any atom is 0.251 e. The summed E-state index contributed by atoms with van der Waals surface area (Å²) in [6.07, 6.45) is 1.81. The third-order valence-corrected chi connectivity index (χ3v) is 3.50. The molecule has 0 unspecified atom stereocenters. The van der Waals surface area contributed by atoms with E-state index in [0.717, 1.165) is 11.4 Å². The van der Waals surface area contributed by atoms with Gasteiger partial charge in [-0.25, -0.2) is 9.07 Å². The molecule has 0 atom stereocenters. The Morgan fingerprint density at radius 3 is 2.71 bits per heavy atom. The zero-order chi connectivity index (χ0) is 16.9. The quantitative estimate of drug-likeness (QED) is 0.785. The second-order valence-electron chi connectivity index (χ2n) is 5.14. The largest absolute Gasteiger partial charge is 0.497 e. The third-order valence-electron chi connectivity index (χ3n) is 3.50. The van der Waals surface area contributed by atoms with Crippen LogP contribution in [0, 0.1) is 5.82 Å². The Bertz CT molecular complexity index is 843. The van der Waals surface area contributed by atoms with E-state index in [0.29, 0.717) is 5.69 Å². The van der Waals surface area contributed by atoms with Crippen LogP contribution in [-0.4, -0.2) is 22.8 Å². The summed E-state index contributed by atoms with van der Waals surface area (Å²) in [6, 6.07) is 14.9. The first-order valence-electron chi connectivity index (χ1n) is 7.38. The first kappa shape index (κ1) is 15.7. The highest BCUT2D eigenvalue weighted by Crippen LogP contribution is 2.14. The van der Waals surface area contributed by atoms with Crippen LogP contribution in [0.5, 0.6) is 5.75 Å². The number of nitrogens with zero attached hydrogens (tertiary/aromatic N) is 2. The van der Waals surface area contributed by atoms with Gasteiger partial charge >= 0.3 is 0 Å². The third kappa shape index (κ3) is 3.60. The molecule has 5 nitrogen and oxygen atoms in total. The Kier molecular flexibility index (Phi) is 4.56. The van der Waals surface area contributed by atoms with E-state index in [1.165, 1.54) is 18.2 Å². The van der Waals surface area contributed by atoms with Crippen molar-refractivity contribution in [2.45, 2.75) is 6.54 Å². The molecule has 1 N–H and O–H groups in total. The van der Waals surface area contributed by atoms with Crippen LogP contribution in [0.4, 0.5) is 4.39 Å². The van der Waals surface area contributed by atoms with E-state index in [9.17, 15) is 9.18 Å². The van der Waals surface area contributed by atoms with Gasteiger partial charge in [0.1, 0.15) is 11.6 Å². The van der Waals surface area contributed by atoms with E-state index in [4.69, 9.17) is 4.74 Å². The molecule has 6 heteroatoms. The molecular weight excluding hydrogens is 309 g/mol. The smallest absolute Gasteiger partial charge is 0.251 e. The zero-order valence-corrected chi connectivity index (χ0v) is 13.1. The molecule has 3 rings (SSSR count). The summed E-state index contributed by atoms with van der Waals surface area (Å²) in [4.78, 5) is 12.0. The highest BCUT2D eigenvalue weighted by molar-refractivity contribution is 5.94. The topological polar surface area (TPSA) is 56.1 Å². The molecule has 3 aromatic rings. The lowest BCUT2D eigenvalue weighted by Gasteiger charge is -2.04. The lowest BCUT2D eigenvalue weighted by molar-refractivity contribution is 0.0950. The highest BCUT2D eigenvalue weighted by Gasteiger charge is 2.08. The van der Waals surface area contributed by atoms with Crippen LogP contribution in [0.3, 0.4) is 0 Å². The number of halogens is 1.